The summed E-state index contributed by atoms with van der Waals surface area (Å²) in [7, 11) is 0. The second kappa shape index (κ2) is 4.58. The van der Waals surface area contributed by atoms with Crippen molar-refractivity contribution < 1.29 is 27.6 Å². The van der Waals surface area contributed by atoms with Gasteiger partial charge in [0.1, 0.15) is 0 Å². The maximum atomic E-state index is 12.8. The lowest BCUT2D eigenvalue weighted by Crippen LogP contribution is -2.31. The fraction of sp³-hybridized carbons (Fsp3) is 0.700. The molecule has 2 atom stereocenters. The highest BCUT2D eigenvalue weighted by atomic mass is 19.4. The van der Waals surface area contributed by atoms with E-state index in [-0.39, 0.29) is 18.7 Å². The van der Waals surface area contributed by atoms with Gasteiger partial charge < -0.3 is 9.63 Å². The zero-order valence-electron chi connectivity index (χ0n) is 9.28. The molecule has 0 aliphatic heterocycles. The molecule has 2 rings (SSSR count). The molecule has 1 fully saturated rings. The Kier molecular flexibility index (Phi) is 3.27. The van der Waals surface area contributed by atoms with Crippen molar-refractivity contribution in [2.24, 2.45) is 5.92 Å². The van der Waals surface area contributed by atoms with Gasteiger partial charge in [0.25, 0.3) is 5.82 Å². The van der Waals surface area contributed by atoms with E-state index in [0.29, 0.717) is 12.8 Å². The predicted molar refractivity (Wildman–Crippen MR) is 52.0 cm³/mol. The highest BCUT2D eigenvalue weighted by molar-refractivity contribution is 5.82. The van der Waals surface area contributed by atoms with Gasteiger partial charge in [0, 0.05) is 5.92 Å². The summed E-state index contributed by atoms with van der Waals surface area (Å²) in [5.74, 6) is -4.71. The first-order valence-corrected chi connectivity index (χ1v) is 5.53. The summed E-state index contributed by atoms with van der Waals surface area (Å²) in [6.07, 6.45) is -2.89. The number of carboxylic acid groups (broad SMARTS) is 1. The lowest BCUT2D eigenvalue weighted by molar-refractivity contribution is -0.189. The van der Waals surface area contributed by atoms with Gasteiger partial charge in [-0.15, -0.1) is 0 Å². The molecule has 1 aliphatic rings. The zero-order chi connectivity index (χ0) is 13.3. The molecule has 0 spiro atoms. The molecule has 1 aromatic rings. The quantitative estimate of drug-likeness (QED) is 0.888. The van der Waals surface area contributed by atoms with E-state index in [0.717, 1.165) is 0 Å². The molecule has 5 nitrogen and oxygen atoms in total. The van der Waals surface area contributed by atoms with Crippen molar-refractivity contribution in [3.8, 4) is 0 Å². The SMILES string of the molecule is O=C(O)c1noc(C2CCCCC2C(F)(F)F)n1. The molecule has 1 saturated carbocycles. The monoisotopic (exact) mass is 264 g/mol. The van der Waals surface area contributed by atoms with Crippen LogP contribution in [0.4, 0.5) is 13.2 Å². The summed E-state index contributed by atoms with van der Waals surface area (Å²) in [6, 6.07) is 0. The number of carboxylic acids is 1. The van der Waals surface area contributed by atoms with Gasteiger partial charge in [-0.2, -0.15) is 18.2 Å². The van der Waals surface area contributed by atoms with Crippen LogP contribution in [0, 0.1) is 5.92 Å². The van der Waals surface area contributed by atoms with Crippen molar-refractivity contribution in [3.05, 3.63) is 11.7 Å². The van der Waals surface area contributed by atoms with Crippen molar-refractivity contribution in [1.29, 1.82) is 0 Å². The zero-order valence-corrected chi connectivity index (χ0v) is 9.28. The van der Waals surface area contributed by atoms with E-state index in [1.165, 1.54) is 0 Å². The summed E-state index contributed by atoms with van der Waals surface area (Å²) < 4.78 is 43.2. The summed E-state index contributed by atoms with van der Waals surface area (Å²) in [5, 5.41) is 11.8. The Morgan fingerprint density at radius 3 is 2.56 bits per heavy atom. The highest BCUT2D eigenvalue weighted by Gasteiger charge is 2.48. The normalized spacial score (nSPS) is 25.1. The fourth-order valence-corrected chi connectivity index (χ4v) is 2.29. The van der Waals surface area contributed by atoms with Crippen LogP contribution in [0.2, 0.25) is 0 Å². The van der Waals surface area contributed by atoms with Gasteiger partial charge in [0.15, 0.2) is 0 Å². The van der Waals surface area contributed by atoms with Crippen LogP contribution in [-0.4, -0.2) is 27.4 Å². The Bertz CT molecular complexity index is 444. The molecule has 0 bridgehead atoms. The number of aromatic carboxylic acids is 1. The Morgan fingerprint density at radius 1 is 1.33 bits per heavy atom. The molecule has 100 valence electrons. The predicted octanol–water partition coefficient (Wildman–Crippen LogP) is 2.60. The van der Waals surface area contributed by atoms with E-state index in [1.807, 2.05) is 0 Å². The van der Waals surface area contributed by atoms with Crippen LogP contribution >= 0.6 is 0 Å². The topological polar surface area (TPSA) is 76.2 Å². The van der Waals surface area contributed by atoms with E-state index in [2.05, 4.69) is 14.7 Å². The highest BCUT2D eigenvalue weighted by Crippen LogP contribution is 2.45. The maximum Gasteiger partial charge on any atom is 0.392 e. The van der Waals surface area contributed by atoms with Crippen LogP contribution in [0.25, 0.3) is 0 Å². The average Bonchev–Trinajstić information content (AvgIpc) is 2.77. The smallest absolute Gasteiger partial charge is 0.392 e. The first-order valence-electron chi connectivity index (χ1n) is 5.53. The van der Waals surface area contributed by atoms with Gasteiger partial charge in [0.05, 0.1) is 5.92 Å². The summed E-state index contributed by atoms with van der Waals surface area (Å²) in [4.78, 5) is 14.1. The Hall–Kier alpha value is -1.60. The third-order valence-electron chi connectivity index (χ3n) is 3.14. The largest absolute Gasteiger partial charge is 0.475 e. The molecule has 1 aromatic heterocycles. The molecule has 2 unspecified atom stereocenters. The van der Waals surface area contributed by atoms with Gasteiger partial charge >= 0.3 is 12.1 Å². The molecule has 0 radical (unpaired) electrons. The first kappa shape index (κ1) is 12.8. The summed E-state index contributed by atoms with van der Waals surface area (Å²) in [5.41, 5.74) is 0. The Balaban J connectivity index is 2.25. The molecule has 1 aliphatic carbocycles. The molecule has 0 aromatic carbocycles. The van der Waals surface area contributed by atoms with E-state index in [1.54, 1.807) is 0 Å². The number of halogens is 3. The molecule has 18 heavy (non-hydrogen) atoms. The third kappa shape index (κ3) is 2.46. The van der Waals surface area contributed by atoms with Crippen LogP contribution in [-0.2, 0) is 0 Å². The third-order valence-corrected chi connectivity index (χ3v) is 3.14. The minimum atomic E-state index is -4.33. The van der Waals surface area contributed by atoms with Crippen LogP contribution in [0.1, 0.15) is 48.1 Å². The molecule has 1 heterocycles. The Morgan fingerprint density at radius 2 is 2.00 bits per heavy atom. The molecule has 8 heteroatoms. The number of hydrogen-bond donors (Lipinski definition) is 1. The van der Waals surface area contributed by atoms with Crippen molar-refractivity contribution >= 4 is 5.97 Å². The van der Waals surface area contributed by atoms with E-state index >= 15 is 0 Å². The van der Waals surface area contributed by atoms with Crippen molar-refractivity contribution in [2.75, 3.05) is 0 Å². The molecule has 0 amide bonds. The molecular weight excluding hydrogens is 253 g/mol. The summed E-state index contributed by atoms with van der Waals surface area (Å²) >= 11 is 0. The van der Waals surface area contributed by atoms with Crippen LogP contribution < -0.4 is 0 Å². The molecule has 0 saturated heterocycles. The number of carbonyl (C=O) groups is 1. The number of nitrogens with zero attached hydrogens (tertiary/aromatic N) is 2. The van der Waals surface area contributed by atoms with Crippen molar-refractivity contribution in [3.63, 3.8) is 0 Å². The number of alkyl halides is 3. The van der Waals surface area contributed by atoms with Gasteiger partial charge in [0.2, 0.25) is 5.89 Å². The van der Waals surface area contributed by atoms with Gasteiger partial charge in [-0.1, -0.05) is 12.8 Å². The van der Waals surface area contributed by atoms with Crippen molar-refractivity contribution in [2.45, 2.75) is 37.8 Å². The van der Waals surface area contributed by atoms with Gasteiger partial charge in [-0.3, -0.25) is 0 Å². The van der Waals surface area contributed by atoms with Crippen LogP contribution in [0.5, 0.6) is 0 Å². The van der Waals surface area contributed by atoms with E-state index < -0.39 is 29.8 Å². The average molecular weight is 264 g/mol. The van der Waals surface area contributed by atoms with Gasteiger partial charge in [-0.25, -0.2) is 4.79 Å². The number of hydrogen-bond acceptors (Lipinski definition) is 4. The second-order valence-corrected chi connectivity index (χ2v) is 4.30. The second-order valence-electron chi connectivity index (χ2n) is 4.30. The van der Waals surface area contributed by atoms with E-state index in [4.69, 9.17) is 5.11 Å². The molecule has 1 N–H and O–H groups in total. The fourth-order valence-electron chi connectivity index (χ4n) is 2.29. The molecular formula is C10H11F3N2O3. The van der Waals surface area contributed by atoms with Crippen molar-refractivity contribution in [1.82, 2.24) is 10.1 Å². The minimum Gasteiger partial charge on any atom is -0.475 e. The first-order chi connectivity index (χ1) is 8.39. The Labute approximate surface area is 100.0 Å². The number of aromatic nitrogens is 2. The minimum absolute atomic E-state index is 0.0128. The van der Waals surface area contributed by atoms with Crippen LogP contribution in [0.15, 0.2) is 4.52 Å². The van der Waals surface area contributed by atoms with Gasteiger partial charge in [-0.05, 0) is 18.0 Å². The lowest BCUT2D eigenvalue weighted by atomic mass is 9.78. The maximum absolute atomic E-state index is 12.8. The summed E-state index contributed by atoms with van der Waals surface area (Å²) in [6.45, 7) is 0. The number of rotatable bonds is 2. The standard InChI is InChI=1S/C10H11F3N2O3/c11-10(12,13)6-4-2-1-3-5(6)8-14-7(9(16)17)15-18-8/h5-6H,1-4H2,(H,16,17). The van der Waals surface area contributed by atoms with Crippen LogP contribution in [0.3, 0.4) is 0 Å². The lowest BCUT2D eigenvalue weighted by Gasteiger charge is -2.30. The van der Waals surface area contributed by atoms with E-state index in [9.17, 15) is 18.0 Å².